The number of carbonyl (C=O) groups is 1. The molecule has 1 N–H and O–H groups in total. The number of amides is 1. The van der Waals surface area contributed by atoms with Crippen LogP contribution in [0.5, 0.6) is 0 Å². The van der Waals surface area contributed by atoms with Gasteiger partial charge in [0.05, 0.1) is 0 Å². The number of hydrogen-bond acceptors (Lipinski definition) is 2. The van der Waals surface area contributed by atoms with Crippen LogP contribution in [0.1, 0.15) is 53.9 Å². The Balaban J connectivity index is 3.34. The summed E-state index contributed by atoms with van der Waals surface area (Å²) in [7, 11) is 0. The molecule has 0 atom stereocenters. The highest BCUT2D eigenvalue weighted by Gasteiger charge is 2.09. The summed E-state index contributed by atoms with van der Waals surface area (Å²) in [5.41, 5.74) is 0.393. The smallest absolute Gasteiger partial charge is 0.245 e. The largest absolute Gasteiger partial charge is 0.371 e. The highest BCUT2D eigenvalue weighted by molar-refractivity contribution is 5.77. The molecule has 0 aliphatic heterocycles. The van der Waals surface area contributed by atoms with E-state index in [0.29, 0.717) is 17.9 Å². The van der Waals surface area contributed by atoms with Gasteiger partial charge in [0, 0.05) is 13.2 Å². The zero-order valence-corrected chi connectivity index (χ0v) is 12.1. The highest BCUT2D eigenvalue weighted by Crippen LogP contribution is 2.21. The zero-order valence-electron chi connectivity index (χ0n) is 12.1. The van der Waals surface area contributed by atoms with Crippen LogP contribution in [-0.4, -0.2) is 25.7 Å². The summed E-state index contributed by atoms with van der Waals surface area (Å²) in [4.78, 5) is 11.3. The van der Waals surface area contributed by atoms with Crippen LogP contribution >= 0.6 is 0 Å². The van der Waals surface area contributed by atoms with Gasteiger partial charge in [0.1, 0.15) is 6.61 Å². The summed E-state index contributed by atoms with van der Waals surface area (Å²) in [5.74, 6) is 0.482. The molecule has 0 unspecified atom stereocenters. The molecule has 0 saturated heterocycles. The summed E-state index contributed by atoms with van der Waals surface area (Å²) in [6.45, 7) is 12.5. The minimum absolute atomic E-state index is 0.00130. The van der Waals surface area contributed by atoms with Crippen molar-refractivity contribution in [1.82, 2.24) is 5.32 Å². The van der Waals surface area contributed by atoms with Crippen LogP contribution in [0.25, 0.3) is 0 Å². The molecule has 0 aromatic carbocycles. The van der Waals surface area contributed by atoms with Crippen molar-refractivity contribution in [1.29, 1.82) is 0 Å². The Bertz CT molecular complexity index is 207. The van der Waals surface area contributed by atoms with Crippen molar-refractivity contribution in [2.45, 2.75) is 53.9 Å². The third kappa shape index (κ3) is 13.4. The van der Waals surface area contributed by atoms with Crippen molar-refractivity contribution < 1.29 is 9.53 Å². The van der Waals surface area contributed by atoms with Crippen molar-refractivity contribution in [3.8, 4) is 0 Å². The Labute approximate surface area is 106 Å². The molecule has 0 aliphatic rings. The van der Waals surface area contributed by atoms with E-state index in [4.69, 9.17) is 4.74 Å². The quantitative estimate of drug-likeness (QED) is 0.666. The van der Waals surface area contributed by atoms with Crippen LogP contribution in [0, 0.1) is 11.3 Å². The van der Waals surface area contributed by atoms with Gasteiger partial charge in [-0.1, -0.05) is 41.0 Å². The molecular weight excluding hydrogens is 214 g/mol. The Morgan fingerprint density at radius 3 is 2.41 bits per heavy atom. The second kappa shape index (κ2) is 8.51. The summed E-state index contributed by atoms with van der Waals surface area (Å²) < 4.78 is 5.26. The van der Waals surface area contributed by atoms with Gasteiger partial charge in [-0.25, -0.2) is 0 Å². The third-order valence-corrected chi connectivity index (χ3v) is 2.36. The van der Waals surface area contributed by atoms with Crippen molar-refractivity contribution in [3.05, 3.63) is 0 Å². The molecule has 0 spiro atoms. The number of rotatable bonds is 8. The highest BCUT2D eigenvalue weighted by atomic mass is 16.5. The van der Waals surface area contributed by atoms with Crippen LogP contribution in [0.4, 0.5) is 0 Å². The Kier molecular flexibility index (Phi) is 8.23. The predicted molar refractivity (Wildman–Crippen MR) is 72.0 cm³/mol. The minimum Gasteiger partial charge on any atom is -0.371 e. The molecule has 0 aromatic heterocycles. The van der Waals surface area contributed by atoms with Gasteiger partial charge in [-0.15, -0.1) is 0 Å². The SMILES string of the molecule is CC(C)COCC(=O)NCCCCC(C)(C)C. The molecule has 1 amide bonds. The third-order valence-electron chi connectivity index (χ3n) is 2.36. The molecule has 3 heteroatoms. The second-order valence-electron chi connectivity index (χ2n) is 6.28. The van der Waals surface area contributed by atoms with E-state index in [1.165, 1.54) is 6.42 Å². The maximum absolute atomic E-state index is 11.3. The first-order valence-electron chi connectivity index (χ1n) is 6.66. The van der Waals surface area contributed by atoms with Crippen LogP contribution in [0.15, 0.2) is 0 Å². The molecule has 0 aromatic rings. The normalized spacial score (nSPS) is 11.9. The van der Waals surface area contributed by atoms with Gasteiger partial charge in [0.2, 0.25) is 5.91 Å². The first-order chi connectivity index (χ1) is 7.81. The lowest BCUT2D eigenvalue weighted by Gasteiger charge is -2.17. The molecule has 0 rings (SSSR count). The maximum Gasteiger partial charge on any atom is 0.245 e. The lowest BCUT2D eigenvalue weighted by atomic mass is 9.90. The van der Waals surface area contributed by atoms with Gasteiger partial charge in [0.15, 0.2) is 0 Å². The molecular formula is C14H29NO2. The van der Waals surface area contributed by atoms with E-state index in [1.807, 2.05) is 0 Å². The van der Waals surface area contributed by atoms with Crippen LogP contribution < -0.4 is 5.32 Å². The summed E-state index contributed by atoms with van der Waals surface area (Å²) in [6.07, 6.45) is 3.41. The van der Waals surface area contributed by atoms with Gasteiger partial charge in [-0.05, 0) is 24.2 Å². The fourth-order valence-corrected chi connectivity index (χ4v) is 1.45. The Morgan fingerprint density at radius 1 is 1.24 bits per heavy atom. The molecule has 3 nitrogen and oxygen atoms in total. The number of hydrogen-bond donors (Lipinski definition) is 1. The monoisotopic (exact) mass is 243 g/mol. The van der Waals surface area contributed by atoms with Gasteiger partial charge in [0.25, 0.3) is 0 Å². The standard InChI is InChI=1S/C14H29NO2/c1-12(2)10-17-11-13(16)15-9-7-6-8-14(3,4)5/h12H,6-11H2,1-5H3,(H,15,16). The van der Waals surface area contributed by atoms with Gasteiger partial charge >= 0.3 is 0 Å². The molecule has 0 bridgehead atoms. The average molecular weight is 243 g/mol. The first kappa shape index (κ1) is 16.4. The fourth-order valence-electron chi connectivity index (χ4n) is 1.45. The summed E-state index contributed by atoms with van der Waals surface area (Å²) >= 11 is 0. The van der Waals surface area contributed by atoms with E-state index in [1.54, 1.807) is 0 Å². The van der Waals surface area contributed by atoms with Crippen LogP contribution in [-0.2, 0) is 9.53 Å². The van der Waals surface area contributed by atoms with E-state index in [2.05, 4.69) is 39.9 Å². The molecule has 17 heavy (non-hydrogen) atoms. The summed E-state index contributed by atoms with van der Waals surface area (Å²) in [6, 6.07) is 0. The van der Waals surface area contributed by atoms with E-state index in [-0.39, 0.29) is 12.5 Å². The van der Waals surface area contributed by atoms with Gasteiger partial charge in [-0.3, -0.25) is 4.79 Å². The van der Waals surface area contributed by atoms with Crippen molar-refractivity contribution in [2.75, 3.05) is 19.8 Å². The summed E-state index contributed by atoms with van der Waals surface area (Å²) in [5, 5.41) is 2.88. The Hall–Kier alpha value is -0.570. The fraction of sp³-hybridized carbons (Fsp3) is 0.929. The number of carbonyl (C=O) groups excluding carboxylic acids is 1. The number of nitrogens with one attached hydrogen (secondary N) is 1. The van der Waals surface area contributed by atoms with E-state index in [9.17, 15) is 4.79 Å². The van der Waals surface area contributed by atoms with E-state index >= 15 is 0 Å². The molecule has 0 aliphatic carbocycles. The molecule has 102 valence electrons. The molecule has 0 heterocycles. The first-order valence-corrected chi connectivity index (χ1v) is 6.66. The van der Waals surface area contributed by atoms with Crippen LogP contribution in [0.2, 0.25) is 0 Å². The van der Waals surface area contributed by atoms with E-state index < -0.39 is 0 Å². The van der Waals surface area contributed by atoms with Crippen LogP contribution in [0.3, 0.4) is 0 Å². The lowest BCUT2D eigenvalue weighted by molar-refractivity contribution is -0.126. The molecule has 0 radical (unpaired) electrons. The average Bonchev–Trinajstić information content (AvgIpc) is 2.14. The Morgan fingerprint density at radius 2 is 1.88 bits per heavy atom. The topological polar surface area (TPSA) is 38.3 Å². The number of ether oxygens (including phenoxy) is 1. The molecule has 0 fully saturated rings. The van der Waals surface area contributed by atoms with E-state index in [0.717, 1.165) is 19.4 Å². The van der Waals surface area contributed by atoms with Gasteiger partial charge in [-0.2, -0.15) is 0 Å². The maximum atomic E-state index is 11.3. The predicted octanol–water partition coefficient (Wildman–Crippen LogP) is 2.99. The van der Waals surface area contributed by atoms with Crippen molar-refractivity contribution in [3.63, 3.8) is 0 Å². The molecule has 0 saturated carbocycles. The van der Waals surface area contributed by atoms with Crippen molar-refractivity contribution >= 4 is 5.91 Å². The zero-order chi connectivity index (χ0) is 13.3. The number of unbranched alkanes of at least 4 members (excludes halogenated alkanes) is 1. The lowest BCUT2D eigenvalue weighted by Crippen LogP contribution is -2.29. The second-order valence-corrected chi connectivity index (χ2v) is 6.28. The van der Waals surface area contributed by atoms with Gasteiger partial charge < -0.3 is 10.1 Å². The minimum atomic E-state index is 0.00130. The van der Waals surface area contributed by atoms with Crippen molar-refractivity contribution in [2.24, 2.45) is 11.3 Å².